The maximum atomic E-state index is 12.4. The number of hydrogen-bond donors (Lipinski definition) is 1. The lowest BCUT2D eigenvalue weighted by molar-refractivity contribution is -0.274. The van der Waals surface area contributed by atoms with Crippen LogP contribution in [0.25, 0.3) is 5.69 Å². The minimum Gasteiger partial charge on any atom is -0.403 e. The number of aliphatic hydroxyl groups is 1. The summed E-state index contributed by atoms with van der Waals surface area (Å²) in [7, 11) is 0. The molecule has 1 aromatic carbocycles. The number of para-hydroxylation sites is 2. The lowest BCUT2D eigenvalue weighted by atomic mass is 10.1. The van der Waals surface area contributed by atoms with E-state index in [0.29, 0.717) is 11.4 Å². The Morgan fingerprint density at radius 3 is 2.52 bits per heavy atom. The highest BCUT2D eigenvalue weighted by Crippen LogP contribution is 2.30. The molecule has 0 aliphatic carbocycles. The van der Waals surface area contributed by atoms with Gasteiger partial charge in [0.05, 0.1) is 18.0 Å². The van der Waals surface area contributed by atoms with E-state index in [0.717, 1.165) is 4.68 Å². The summed E-state index contributed by atoms with van der Waals surface area (Å²) in [5.41, 5.74) is 0.931. The first-order valence-corrected chi connectivity index (χ1v) is 6.24. The topological polar surface area (TPSA) is 60.2 Å². The Morgan fingerprint density at radius 2 is 1.95 bits per heavy atom. The van der Waals surface area contributed by atoms with E-state index in [1.807, 2.05) is 13.8 Å². The molecule has 2 aromatic rings. The minimum atomic E-state index is -4.81. The van der Waals surface area contributed by atoms with Crippen molar-refractivity contribution in [3.8, 4) is 11.4 Å². The van der Waals surface area contributed by atoms with Gasteiger partial charge < -0.3 is 9.84 Å². The molecule has 5 nitrogen and oxygen atoms in total. The van der Waals surface area contributed by atoms with Crippen LogP contribution >= 0.6 is 0 Å². The van der Waals surface area contributed by atoms with Gasteiger partial charge in [-0.1, -0.05) is 31.2 Å². The van der Waals surface area contributed by atoms with E-state index in [-0.39, 0.29) is 18.2 Å². The van der Waals surface area contributed by atoms with E-state index in [1.165, 1.54) is 18.2 Å². The summed E-state index contributed by atoms with van der Waals surface area (Å²) in [6.07, 6.45) is -4.81. The van der Waals surface area contributed by atoms with Gasteiger partial charge in [-0.3, -0.25) is 0 Å². The zero-order valence-electron chi connectivity index (χ0n) is 11.4. The summed E-state index contributed by atoms with van der Waals surface area (Å²) in [4.78, 5) is 0. The Morgan fingerprint density at radius 1 is 1.29 bits per heavy atom. The van der Waals surface area contributed by atoms with Crippen LogP contribution in [0.15, 0.2) is 24.3 Å². The SMILES string of the molecule is CC(C)c1nnn(-c2ccccc2OC(F)(F)F)c1CO. The third-order valence-corrected chi connectivity index (χ3v) is 2.81. The quantitative estimate of drug-likeness (QED) is 0.943. The predicted octanol–water partition coefficient (Wildman–Crippen LogP) is 2.78. The lowest BCUT2D eigenvalue weighted by Gasteiger charge is -2.14. The number of benzene rings is 1. The van der Waals surface area contributed by atoms with Crippen LogP contribution in [0, 0.1) is 0 Å². The van der Waals surface area contributed by atoms with Gasteiger partial charge in [0.15, 0.2) is 5.75 Å². The van der Waals surface area contributed by atoms with Crippen molar-refractivity contribution in [2.75, 3.05) is 0 Å². The Kier molecular flexibility index (Phi) is 4.17. The van der Waals surface area contributed by atoms with Crippen molar-refractivity contribution < 1.29 is 23.0 Å². The average Bonchev–Trinajstić information content (AvgIpc) is 2.81. The second kappa shape index (κ2) is 5.72. The highest BCUT2D eigenvalue weighted by atomic mass is 19.4. The highest BCUT2D eigenvalue weighted by molar-refractivity contribution is 5.47. The molecule has 2 rings (SSSR count). The van der Waals surface area contributed by atoms with Crippen LogP contribution in [-0.4, -0.2) is 26.5 Å². The molecular formula is C13H14F3N3O2. The second-order valence-corrected chi connectivity index (χ2v) is 4.66. The lowest BCUT2D eigenvalue weighted by Crippen LogP contribution is -2.19. The van der Waals surface area contributed by atoms with Gasteiger partial charge in [0.25, 0.3) is 0 Å². The molecular weight excluding hydrogens is 287 g/mol. The van der Waals surface area contributed by atoms with E-state index in [9.17, 15) is 18.3 Å². The van der Waals surface area contributed by atoms with Crippen molar-refractivity contribution in [2.45, 2.75) is 32.7 Å². The van der Waals surface area contributed by atoms with Gasteiger partial charge in [0, 0.05) is 0 Å². The molecule has 0 saturated carbocycles. The van der Waals surface area contributed by atoms with Crippen LogP contribution in [0.1, 0.15) is 31.2 Å². The van der Waals surface area contributed by atoms with Crippen LogP contribution in [-0.2, 0) is 6.61 Å². The van der Waals surface area contributed by atoms with Crippen molar-refractivity contribution in [1.29, 1.82) is 0 Å². The second-order valence-electron chi connectivity index (χ2n) is 4.66. The number of nitrogens with zero attached hydrogens (tertiary/aromatic N) is 3. The van der Waals surface area contributed by atoms with Crippen molar-refractivity contribution in [3.63, 3.8) is 0 Å². The fourth-order valence-electron chi connectivity index (χ4n) is 1.95. The first kappa shape index (κ1) is 15.3. The summed E-state index contributed by atoms with van der Waals surface area (Å²) in [5.74, 6) is -0.420. The fraction of sp³-hybridized carbons (Fsp3) is 0.385. The minimum absolute atomic E-state index is 0.0170. The number of hydrogen-bond acceptors (Lipinski definition) is 4. The Labute approximate surface area is 119 Å². The normalized spacial score (nSPS) is 12.0. The first-order valence-electron chi connectivity index (χ1n) is 6.24. The number of aromatic nitrogens is 3. The van der Waals surface area contributed by atoms with E-state index >= 15 is 0 Å². The van der Waals surface area contributed by atoms with Crippen LogP contribution < -0.4 is 4.74 Å². The smallest absolute Gasteiger partial charge is 0.403 e. The first-order chi connectivity index (χ1) is 9.83. The monoisotopic (exact) mass is 301 g/mol. The predicted molar refractivity (Wildman–Crippen MR) is 68.1 cm³/mol. The molecule has 1 heterocycles. The van der Waals surface area contributed by atoms with Crippen LogP contribution in [0.3, 0.4) is 0 Å². The van der Waals surface area contributed by atoms with Crippen LogP contribution in [0.5, 0.6) is 5.75 Å². The van der Waals surface area contributed by atoms with Crippen molar-refractivity contribution in [1.82, 2.24) is 15.0 Å². The maximum absolute atomic E-state index is 12.4. The van der Waals surface area contributed by atoms with E-state index < -0.39 is 12.1 Å². The number of ether oxygens (including phenoxy) is 1. The molecule has 8 heteroatoms. The van der Waals surface area contributed by atoms with E-state index in [4.69, 9.17) is 0 Å². The molecule has 114 valence electrons. The van der Waals surface area contributed by atoms with Gasteiger partial charge in [0.1, 0.15) is 5.69 Å². The van der Waals surface area contributed by atoms with Crippen molar-refractivity contribution in [2.24, 2.45) is 0 Å². The maximum Gasteiger partial charge on any atom is 0.573 e. The van der Waals surface area contributed by atoms with E-state index in [2.05, 4.69) is 15.0 Å². The number of halogens is 3. The molecule has 0 bridgehead atoms. The van der Waals surface area contributed by atoms with Gasteiger partial charge in [-0.2, -0.15) is 0 Å². The standard InChI is InChI=1S/C13H14F3N3O2/c1-8(2)12-10(7-20)19(18-17-12)9-5-3-4-6-11(9)21-13(14,15)16/h3-6,8,20H,7H2,1-2H3. The number of aliphatic hydroxyl groups excluding tert-OH is 1. The van der Waals surface area contributed by atoms with Crippen LogP contribution in [0.4, 0.5) is 13.2 Å². The Hall–Kier alpha value is -2.09. The molecule has 0 spiro atoms. The molecule has 0 fully saturated rings. The summed E-state index contributed by atoms with van der Waals surface area (Å²) in [5, 5.41) is 17.2. The molecule has 1 aromatic heterocycles. The number of rotatable bonds is 4. The third kappa shape index (κ3) is 3.33. The summed E-state index contributed by atoms with van der Waals surface area (Å²) < 4.78 is 42.5. The van der Waals surface area contributed by atoms with Gasteiger partial charge in [-0.25, -0.2) is 4.68 Å². The Bertz CT molecular complexity index is 623. The summed E-state index contributed by atoms with van der Waals surface area (Å²) in [6, 6.07) is 5.57. The molecule has 0 radical (unpaired) electrons. The molecule has 1 N–H and O–H groups in total. The summed E-state index contributed by atoms with van der Waals surface area (Å²) in [6.45, 7) is 3.32. The van der Waals surface area contributed by atoms with Crippen molar-refractivity contribution in [3.05, 3.63) is 35.7 Å². The van der Waals surface area contributed by atoms with Crippen LogP contribution in [0.2, 0.25) is 0 Å². The molecule has 0 unspecified atom stereocenters. The van der Waals surface area contributed by atoms with E-state index in [1.54, 1.807) is 6.07 Å². The number of alkyl halides is 3. The summed E-state index contributed by atoms with van der Waals surface area (Å²) >= 11 is 0. The molecule has 0 amide bonds. The molecule has 0 saturated heterocycles. The van der Waals surface area contributed by atoms with Gasteiger partial charge >= 0.3 is 6.36 Å². The average molecular weight is 301 g/mol. The van der Waals surface area contributed by atoms with Gasteiger partial charge in [-0.05, 0) is 18.1 Å². The third-order valence-electron chi connectivity index (χ3n) is 2.81. The Balaban J connectivity index is 2.52. The van der Waals surface area contributed by atoms with Crippen molar-refractivity contribution >= 4 is 0 Å². The zero-order chi connectivity index (χ0) is 15.6. The molecule has 21 heavy (non-hydrogen) atoms. The molecule has 0 atom stereocenters. The highest BCUT2D eigenvalue weighted by Gasteiger charge is 2.32. The largest absolute Gasteiger partial charge is 0.573 e. The molecule has 0 aliphatic heterocycles. The zero-order valence-corrected chi connectivity index (χ0v) is 11.4. The van der Waals surface area contributed by atoms with Gasteiger partial charge in [0.2, 0.25) is 0 Å². The van der Waals surface area contributed by atoms with Gasteiger partial charge in [-0.15, -0.1) is 18.3 Å². The fourth-order valence-corrected chi connectivity index (χ4v) is 1.95. The molecule has 0 aliphatic rings.